The van der Waals surface area contributed by atoms with Gasteiger partial charge >= 0.3 is 0 Å². The second-order valence-electron chi connectivity index (χ2n) is 6.32. The summed E-state index contributed by atoms with van der Waals surface area (Å²) < 4.78 is 52.7. The lowest BCUT2D eigenvalue weighted by molar-refractivity contribution is 0.578. The Kier molecular flexibility index (Phi) is 6.10. The van der Waals surface area contributed by atoms with Gasteiger partial charge < -0.3 is 0 Å². The number of benzene rings is 2. The van der Waals surface area contributed by atoms with Crippen LogP contribution in [0.15, 0.2) is 47.4 Å². The summed E-state index contributed by atoms with van der Waals surface area (Å²) in [5.74, 6) is 0. The number of nitrogens with one attached hydrogen (secondary N) is 1. The van der Waals surface area contributed by atoms with Crippen LogP contribution in [0.5, 0.6) is 0 Å². The van der Waals surface area contributed by atoms with E-state index in [1.165, 1.54) is 4.31 Å². The molecule has 0 aliphatic heterocycles. The Morgan fingerprint density at radius 3 is 2.19 bits per heavy atom. The molecule has 0 aliphatic carbocycles. The van der Waals surface area contributed by atoms with Gasteiger partial charge in [0.1, 0.15) is 0 Å². The summed E-state index contributed by atoms with van der Waals surface area (Å²) in [5.41, 5.74) is 3.32. The molecular weight excluding hydrogens is 372 g/mol. The van der Waals surface area contributed by atoms with Crippen LogP contribution in [-0.2, 0) is 20.0 Å². The molecule has 0 amide bonds. The Bertz CT molecular complexity index is 1000. The Morgan fingerprint density at radius 2 is 1.62 bits per heavy atom. The van der Waals surface area contributed by atoms with Crippen LogP contribution >= 0.6 is 0 Å². The van der Waals surface area contributed by atoms with Crippen molar-refractivity contribution >= 4 is 25.7 Å². The minimum atomic E-state index is -3.70. The smallest absolute Gasteiger partial charge is 0.240 e. The van der Waals surface area contributed by atoms with Crippen LogP contribution in [0, 0.1) is 20.8 Å². The van der Waals surface area contributed by atoms with Crippen molar-refractivity contribution in [2.75, 3.05) is 23.7 Å². The van der Waals surface area contributed by atoms with Crippen molar-refractivity contribution in [2.45, 2.75) is 25.7 Å². The topological polar surface area (TPSA) is 83.6 Å². The van der Waals surface area contributed by atoms with Crippen molar-refractivity contribution in [1.29, 1.82) is 0 Å². The number of sulfonamides is 2. The van der Waals surface area contributed by atoms with Gasteiger partial charge in [-0.1, -0.05) is 18.2 Å². The third-order valence-electron chi connectivity index (χ3n) is 4.09. The van der Waals surface area contributed by atoms with Gasteiger partial charge in [0, 0.05) is 13.1 Å². The molecule has 0 aromatic heterocycles. The minimum Gasteiger partial charge on any atom is -0.269 e. The van der Waals surface area contributed by atoms with E-state index in [1.807, 2.05) is 26.8 Å². The van der Waals surface area contributed by atoms with E-state index >= 15 is 0 Å². The van der Waals surface area contributed by atoms with Gasteiger partial charge in [0.05, 0.1) is 16.8 Å². The number of anilines is 1. The fourth-order valence-electron chi connectivity index (χ4n) is 2.52. The summed E-state index contributed by atoms with van der Waals surface area (Å²) in [4.78, 5) is 0.169. The summed E-state index contributed by atoms with van der Waals surface area (Å²) in [6.07, 6.45) is 1.10. The van der Waals surface area contributed by atoms with E-state index in [2.05, 4.69) is 4.72 Å². The molecule has 2 rings (SSSR count). The van der Waals surface area contributed by atoms with Crippen molar-refractivity contribution in [3.05, 3.63) is 59.2 Å². The van der Waals surface area contributed by atoms with Gasteiger partial charge in [0.15, 0.2) is 0 Å². The molecule has 0 heterocycles. The molecule has 0 saturated carbocycles. The fraction of sp³-hybridized carbons (Fsp3) is 0.333. The van der Waals surface area contributed by atoms with Crippen LogP contribution in [0.25, 0.3) is 0 Å². The van der Waals surface area contributed by atoms with Gasteiger partial charge in [0.2, 0.25) is 20.0 Å². The zero-order chi connectivity index (χ0) is 19.5. The second kappa shape index (κ2) is 7.77. The predicted octanol–water partition coefficient (Wildman–Crippen LogP) is 2.36. The van der Waals surface area contributed by atoms with Crippen molar-refractivity contribution in [1.82, 2.24) is 4.72 Å². The van der Waals surface area contributed by atoms with Crippen LogP contribution in [0.3, 0.4) is 0 Å². The first-order chi connectivity index (χ1) is 12.0. The van der Waals surface area contributed by atoms with E-state index in [0.29, 0.717) is 5.69 Å². The van der Waals surface area contributed by atoms with E-state index in [-0.39, 0.29) is 18.0 Å². The third-order valence-corrected chi connectivity index (χ3v) is 6.74. The van der Waals surface area contributed by atoms with E-state index in [4.69, 9.17) is 0 Å². The lowest BCUT2D eigenvalue weighted by atomic mass is 10.1. The van der Waals surface area contributed by atoms with Crippen molar-refractivity contribution in [3.8, 4) is 0 Å². The highest BCUT2D eigenvalue weighted by Gasteiger charge is 2.19. The molecule has 1 N–H and O–H groups in total. The Hall–Kier alpha value is -1.90. The van der Waals surface area contributed by atoms with E-state index in [9.17, 15) is 16.8 Å². The molecular formula is C18H24N2O4S2. The van der Waals surface area contributed by atoms with Gasteiger partial charge in [-0.15, -0.1) is 0 Å². The number of nitrogens with zero attached hydrogens (tertiary/aromatic N) is 1. The highest BCUT2D eigenvalue weighted by Crippen LogP contribution is 2.19. The zero-order valence-corrected chi connectivity index (χ0v) is 17.0. The molecule has 142 valence electrons. The molecule has 2 aromatic carbocycles. The van der Waals surface area contributed by atoms with Gasteiger partial charge in [-0.25, -0.2) is 21.6 Å². The number of aryl methyl sites for hydroxylation is 3. The monoisotopic (exact) mass is 396 g/mol. The van der Waals surface area contributed by atoms with Crippen molar-refractivity contribution in [3.63, 3.8) is 0 Å². The SMILES string of the molecule is Cc1cccc(N(CCNS(=O)(=O)c2ccc(C)c(C)c2)S(C)(=O)=O)c1. The molecule has 0 saturated heterocycles. The molecule has 2 aromatic rings. The number of hydrogen-bond donors (Lipinski definition) is 1. The first kappa shape index (κ1) is 20.4. The molecule has 8 heteroatoms. The molecule has 0 aliphatic rings. The first-order valence-corrected chi connectivity index (χ1v) is 11.5. The average Bonchev–Trinajstić information content (AvgIpc) is 2.52. The standard InChI is InChI=1S/C18H24N2O4S2/c1-14-6-5-7-17(12-14)20(25(4,21)22)11-10-19-26(23,24)18-9-8-15(2)16(3)13-18/h5-9,12-13,19H,10-11H2,1-4H3. The molecule has 0 spiro atoms. The highest BCUT2D eigenvalue weighted by atomic mass is 32.2. The molecule has 0 radical (unpaired) electrons. The van der Waals surface area contributed by atoms with Crippen LogP contribution in [-0.4, -0.2) is 36.2 Å². The zero-order valence-electron chi connectivity index (χ0n) is 15.4. The van der Waals surface area contributed by atoms with Crippen LogP contribution in [0.2, 0.25) is 0 Å². The maximum atomic E-state index is 12.4. The Labute approximate surface area is 156 Å². The van der Waals surface area contributed by atoms with Crippen LogP contribution in [0.1, 0.15) is 16.7 Å². The minimum absolute atomic E-state index is 0.00631. The fourth-order valence-corrected chi connectivity index (χ4v) is 4.54. The average molecular weight is 397 g/mol. The van der Waals surface area contributed by atoms with Gasteiger partial charge in [-0.2, -0.15) is 0 Å². The number of hydrogen-bond acceptors (Lipinski definition) is 4. The van der Waals surface area contributed by atoms with Crippen molar-refractivity contribution < 1.29 is 16.8 Å². The molecule has 0 fully saturated rings. The third kappa shape index (κ3) is 5.06. The molecule has 0 unspecified atom stereocenters. The van der Waals surface area contributed by atoms with Gasteiger partial charge in [-0.05, 0) is 61.7 Å². The lowest BCUT2D eigenvalue weighted by Gasteiger charge is -2.23. The van der Waals surface area contributed by atoms with E-state index < -0.39 is 20.0 Å². The van der Waals surface area contributed by atoms with Gasteiger partial charge in [0.25, 0.3) is 0 Å². The molecule has 0 bridgehead atoms. The summed E-state index contributed by atoms with van der Waals surface area (Å²) in [6, 6.07) is 12.0. The summed E-state index contributed by atoms with van der Waals surface area (Å²) in [6.45, 7) is 5.59. The first-order valence-electron chi connectivity index (χ1n) is 8.12. The Balaban J connectivity index is 2.15. The molecule has 6 nitrogen and oxygen atoms in total. The summed E-state index contributed by atoms with van der Waals surface area (Å²) in [7, 11) is -7.23. The quantitative estimate of drug-likeness (QED) is 0.779. The number of rotatable bonds is 7. The van der Waals surface area contributed by atoms with E-state index in [1.54, 1.807) is 36.4 Å². The molecule has 26 heavy (non-hydrogen) atoms. The van der Waals surface area contributed by atoms with Crippen LogP contribution in [0.4, 0.5) is 5.69 Å². The molecule has 0 atom stereocenters. The van der Waals surface area contributed by atoms with E-state index in [0.717, 1.165) is 22.9 Å². The van der Waals surface area contributed by atoms with Crippen LogP contribution < -0.4 is 9.03 Å². The summed E-state index contributed by atoms with van der Waals surface area (Å²) in [5, 5.41) is 0. The predicted molar refractivity (Wildman–Crippen MR) is 104 cm³/mol. The maximum Gasteiger partial charge on any atom is 0.240 e. The highest BCUT2D eigenvalue weighted by molar-refractivity contribution is 7.92. The second-order valence-corrected chi connectivity index (χ2v) is 9.99. The lowest BCUT2D eigenvalue weighted by Crippen LogP contribution is -2.38. The maximum absolute atomic E-state index is 12.4. The van der Waals surface area contributed by atoms with Gasteiger partial charge in [-0.3, -0.25) is 4.31 Å². The largest absolute Gasteiger partial charge is 0.269 e. The summed E-state index contributed by atoms with van der Waals surface area (Å²) >= 11 is 0. The normalized spacial score (nSPS) is 12.2. The Morgan fingerprint density at radius 1 is 0.923 bits per heavy atom. The van der Waals surface area contributed by atoms with Crippen molar-refractivity contribution in [2.24, 2.45) is 0 Å².